The van der Waals surface area contributed by atoms with Crippen molar-refractivity contribution in [1.82, 2.24) is 0 Å². The SMILES string of the molecule is C=C(C(=O)OCOC1C(=O)OCC1C)C(F)(F)F. The molecule has 1 heterocycles. The summed E-state index contributed by atoms with van der Waals surface area (Å²) in [4.78, 5) is 22.0. The van der Waals surface area contributed by atoms with E-state index in [4.69, 9.17) is 4.74 Å². The van der Waals surface area contributed by atoms with Crippen LogP contribution in [0.2, 0.25) is 0 Å². The fourth-order valence-electron chi connectivity index (χ4n) is 1.21. The van der Waals surface area contributed by atoms with Crippen molar-refractivity contribution in [2.75, 3.05) is 13.4 Å². The van der Waals surface area contributed by atoms with Crippen LogP contribution in [0.25, 0.3) is 0 Å². The normalized spacial score (nSPS) is 23.7. The van der Waals surface area contributed by atoms with E-state index in [-0.39, 0.29) is 12.5 Å². The molecule has 0 aromatic rings. The van der Waals surface area contributed by atoms with Gasteiger partial charge in [0.05, 0.1) is 6.61 Å². The molecule has 1 aliphatic rings. The van der Waals surface area contributed by atoms with Crippen LogP contribution < -0.4 is 0 Å². The average Bonchev–Trinajstić information content (AvgIpc) is 2.57. The summed E-state index contributed by atoms with van der Waals surface area (Å²) in [6.07, 6.45) is -5.78. The Bertz CT molecular complexity index is 363. The molecule has 0 bridgehead atoms. The topological polar surface area (TPSA) is 61.8 Å². The number of carbonyl (C=O) groups excluding carboxylic acids is 2. The van der Waals surface area contributed by atoms with Crippen LogP contribution in [0.5, 0.6) is 0 Å². The first-order chi connectivity index (χ1) is 8.23. The second-order valence-corrected chi connectivity index (χ2v) is 3.72. The van der Waals surface area contributed by atoms with E-state index in [9.17, 15) is 22.8 Å². The summed E-state index contributed by atoms with van der Waals surface area (Å²) in [5, 5.41) is 0. The lowest BCUT2D eigenvalue weighted by Gasteiger charge is -2.13. The third kappa shape index (κ3) is 3.46. The molecule has 0 spiro atoms. The van der Waals surface area contributed by atoms with Crippen molar-refractivity contribution < 1.29 is 37.0 Å². The molecule has 0 radical (unpaired) electrons. The van der Waals surface area contributed by atoms with Crippen molar-refractivity contribution in [3.63, 3.8) is 0 Å². The molecule has 102 valence electrons. The number of ether oxygens (including phenoxy) is 3. The number of hydrogen-bond donors (Lipinski definition) is 0. The fourth-order valence-corrected chi connectivity index (χ4v) is 1.21. The molecule has 0 aliphatic carbocycles. The first-order valence-corrected chi connectivity index (χ1v) is 4.95. The maximum atomic E-state index is 12.0. The van der Waals surface area contributed by atoms with E-state index in [1.165, 1.54) is 0 Å². The van der Waals surface area contributed by atoms with Crippen molar-refractivity contribution in [3.05, 3.63) is 12.2 Å². The second kappa shape index (κ2) is 5.38. The van der Waals surface area contributed by atoms with Crippen LogP contribution in [0.4, 0.5) is 13.2 Å². The molecule has 0 amide bonds. The number of cyclic esters (lactones) is 1. The van der Waals surface area contributed by atoms with Crippen LogP contribution in [-0.2, 0) is 23.8 Å². The zero-order chi connectivity index (χ0) is 13.9. The first kappa shape index (κ1) is 14.5. The average molecular weight is 268 g/mol. The largest absolute Gasteiger partial charge is 0.463 e. The van der Waals surface area contributed by atoms with Crippen LogP contribution in [0, 0.1) is 5.92 Å². The number of carbonyl (C=O) groups is 2. The van der Waals surface area contributed by atoms with Gasteiger partial charge in [0.15, 0.2) is 12.9 Å². The summed E-state index contributed by atoms with van der Waals surface area (Å²) >= 11 is 0. The minimum atomic E-state index is -4.85. The predicted octanol–water partition coefficient (Wildman–Crippen LogP) is 1.18. The van der Waals surface area contributed by atoms with E-state index in [1.807, 2.05) is 0 Å². The van der Waals surface area contributed by atoms with Gasteiger partial charge >= 0.3 is 18.1 Å². The molecule has 2 unspecified atom stereocenters. The molecule has 1 rings (SSSR count). The Kier molecular flexibility index (Phi) is 4.33. The molecular formula is C10H11F3O5. The van der Waals surface area contributed by atoms with Crippen LogP contribution in [-0.4, -0.2) is 37.6 Å². The van der Waals surface area contributed by atoms with E-state index in [2.05, 4.69) is 16.1 Å². The highest BCUT2D eigenvalue weighted by Gasteiger charge is 2.39. The maximum absolute atomic E-state index is 12.0. The smallest absolute Gasteiger partial charge is 0.422 e. The highest BCUT2D eigenvalue weighted by molar-refractivity contribution is 5.89. The van der Waals surface area contributed by atoms with Crippen molar-refractivity contribution in [1.29, 1.82) is 0 Å². The molecule has 1 saturated heterocycles. The third-order valence-electron chi connectivity index (χ3n) is 2.26. The Morgan fingerprint density at radius 3 is 2.61 bits per heavy atom. The van der Waals surface area contributed by atoms with E-state index >= 15 is 0 Å². The molecule has 0 N–H and O–H groups in total. The molecule has 1 aliphatic heterocycles. The predicted molar refractivity (Wildman–Crippen MR) is 51.2 cm³/mol. The van der Waals surface area contributed by atoms with Gasteiger partial charge in [-0.3, -0.25) is 0 Å². The van der Waals surface area contributed by atoms with Crippen LogP contribution in [0.1, 0.15) is 6.92 Å². The number of rotatable bonds is 4. The van der Waals surface area contributed by atoms with Gasteiger partial charge in [0.1, 0.15) is 5.57 Å². The van der Waals surface area contributed by atoms with Crippen LogP contribution in [0.15, 0.2) is 12.2 Å². The van der Waals surface area contributed by atoms with Crippen molar-refractivity contribution in [2.24, 2.45) is 5.92 Å². The van der Waals surface area contributed by atoms with Gasteiger partial charge in [-0.1, -0.05) is 13.5 Å². The molecule has 0 saturated carbocycles. The monoisotopic (exact) mass is 268 g/mol. The maximum Gasteiger partial charge on any atom is 0.422 e. The number of halogens is 3. The third-order valence-corrected chi connectivity index (χ3v) is 2.26. The summed E-state index contributed by atoms with van der Waals surface area (Å²) in [6, 6.07) is 0. The number of alkyl halides is 3. The lowest BCUT2D eigenvalue weighted by molar-refractivity contribution is -0.172. The van der Waals surface area contributed by atoms with E-state index in [0.717, 1.165) is 0 Å². The minimum absolute atomic E-state index is 0.159. The van der Waals surface area contributed by atoms with Gasteiger partial charge in [-0.15, -0.1) is 0 Å². The van der Waals surface area contributed by atoms with Gasteiger partial charge in [-0.2, -0.15) is 13.2 Å². The van der Waals surface area contributed by atoms with Gasteiger partial charge < -0.3 is 14.2 Å². The molecule has 8 heteroatoms. The second-order valence-electron chi connectivity index (χ2n) is 3.72. The fraction of sp³-hybridized carbons (Fsp3) is 0.600. The summed E-state index contributed by atoms with van der Waals surface area (Å²) < 4.78 is 49.8. The Balaban J connectivity index is 2.36. The minimum Gasteiger partial charge on any atom is -0.463 e. The quantitative estimate of drug-likeness (QED) is 0.435. The van der Waals surface area contributed by atoms with Gasteiger partial charge in [-0.05, 0) is 0 Å². The van der Waals surface area contributed by atoms with Gasteiger partial charge in [0.25, 0.3) is 0 Å². The summed E-state index contributed by atoms with van der Waals surface area (Å²) in [5.41, 5.74) is -1.63. The Morgan fingerprint density at radius 1 is 1.56 bits per heavy atom. The van der Waals surface area contributed by atoms with Crippen molar-refractivity contribution in [2.45, 2.75) is 19.2 Å². The molecule has 0 aromatic heterocycles. The van der Waals surface area contributed by atoms with Crippen LogP contribution in [0.3, 0.4) is 0 Å². The summed E-state index contributed by atoms with van der Waals surface area (Å²) in [6.45, 7) is 3.61. The summed E-state index contributed by atoms with van der Waals surface area (Å²) in [5.74, 6) is -2.52. The zero-order valence-electron chi connectivity index (χ0n) is 9.45. The van der Waals surface area contributed by atoms with E-state index < -0.39 is 36.6 Å². The molecule has 2 atom stereocenters. The van der Waals surface area contributed by atoms with Crippen LogP contribution >= 0.6 is 0 Å². The van der Waals surface area contributed by atoms with Crippen molar-refractivity contribution in [3.8, 4) is 0 Å². The van der Waals surface area contributed by atoms with E-state index in [0.29, 0.717) is 0 Å². The zero-order valence-corrected chi connectivity index (χ0v) is 9.45. The highest BCUT2D eigenvalue weighted by atomic mass is 19.4. The molecule has 5 nitrogen and oxygen atoms in total. The number of esters is 2. The molecule has 0 aromatic carbocycles. The first-order valence-electron chi connectivity index (χ1n) is 4.95. The highest BCUT2D eigenvalue weighted by Crippen LogP contribution is 2.25. The Hall–Kier alpha value is -1.57. The lowest BCUT2D eigenvalue weighted by atomic mass is 10.1. The summed E-state index contributed by atoms with van der Waals surface area (Å²) in [7, 11) is 0. The standard InChI is InChI=1S/C10H11F3O5/c1-5-3-16-9(15)7(5)17-4-18-8(14)6(2)10(11,12)13/h5,7H,2-4H2,1H3. The Morgan fingerprint density at radius 2 is 2.17 bits per heavy atom. The van der Waals surface area contributed by atoms with Crippen molar-refractivity contribution >= 4 is 11.9 Å². The number of hydrogen-bond acceptors (Lipinski definition) is 5. The molecule has 18 heavy (non-hydrogen) atoms. The molecule has 1 fully saturated rings. The van der Waals surface area contributed by atoms with Gasteiger partial charge in [0.2, 0.25) is 0 Å². The molecular weight excluding hydrogens is 257 g/mol. The van der Waals surface area contributed by atoms with E-state index in [1.54, 1.807) is 6.92 Å². The lowest BCUT2D eigenvalue weighted by Crippen LogP contribution is -2.28. The van der Waals surface area contributed by atoms with Gasteiger partial charge in [-0.25, -0.2) is 9.59 Å². The van der Waals surface area contributed by atoms with Gasteiger partial charge in [0, 0.05) is 5.92 Å². The Labute approximate surface area is 100 Å².